The van der Waals surface area contributed by atoms with Crippen LogP contribution in [-0.2, 0) is 10.5 Å². The smallest absolute Gasteiger partial charge is 0.255 e. The summed E-state index contributed by atoms with van der Waals surface area (Å²) in [5.74, 6) is 1.16. The van der Waals surface area contributed by atoms with Gasteiger partial charge in [0.1, 0.15) is 6.04 Å². The molecule has 0 unspecified atom stereocenters. The Kier molecular flexibility index (Phi) is 7.09. The van der Waals surface area contributed by atoms with Crippen molar-refractivity contribution in [1.82, 2.24) is 14.8 Å². The molecule has 0 bridgehead atoms. The maximum Gasteiger partial charge on any atom is 0.255 e. The minimum atomic E-state index is -0.417. The van der Waals surface area contributed by atoms with Crippen molar-refractivity contribution in [3.8, 4) is 0 Å². The van der Waals surface area contributed by atoms with E-state index in [-0.39, 0.29) is 5.91 Å². The van der Waals surface area contributed by atoms with E-state index in [1.54, 1.807) is 11.8 Å². The Bertz CT molecular complexity index is 1490. The second-order valence-corrected chi connectivity index (χ2v) is 10.7. The molecule has 0 saturated heterocycles. The van der Waals surface area contributed by atoms with E-state index >= 15 is 0 Å². The number of nitrogens with one attached hydrogen (secondary N) is 2. The van der Waals surface area contributed by atoms with E-state index in [9.17, 15) is 4.79 Å². The Balaban J connectivity index is 1.48. The third-order valence-electron chi connectivity index (χ3n) is 6.38. The van der Waals surface area contributed by atoms with E-state index in [4.69, 9.17) is 21.7 Å². The first-order chi connectivity index (χ1) is 17.8. The summed E-state index contributed by atoms with van der Waals surface area (Å²) in [5.41, 5.74) is 7.58. The molecule has 0 fully saturated rings. The van der Waals surface area contributed by atoms with E-state index in [0.29, 0.717) is 27.5 Å². The Morgan fingerprint density at radius 2 is 1.70 bits per heavy atom. The lowest BCUT2D eigenvalue weighted by Gasteiger charge is -2.29. The van der Waals surface area contributed by atoms with Crippen molar-refractivity contribution in [2.24, 2.45) is 0 Å². The summed E-state index contributed by atoms with van der Waals surface area (Å²) >= 11 is 7.56. The molecule has 2 heterocycles. The number of hydrogen-bond donors (Lipinski definition) is 2. The summed E-state index contributed by atoms with van der Waals surface area (Å²) in [6, 6.07) is 21.6. The highest BCUT2D eigenvalue weighted by atomic mass is 35.5. The van der Waals surface area contributed by atoms with Crippen molar-refractivity contribution in [3.05, 3.63) is 111 Å². The van der Waals surface area contributed by atoms with Crippen LogP contribution in [0.25, 0.3) is 0 Å². The first-order valence-electron chi connectivity index (χ1n) is 12.1. The van der Waals surface area contributed by atoms with Crippen LogP contribution in [0.2, 0.25) is 5.02 Å². The predicted molar refractivity (Wildman–Crippen MR) is 151 cm³/mol. The zero-order valence-corrected chi connectivity index (χ0v) is 22.7. The fraction of sp³-hybridized carbons (Fsp3) is 0.207. The van der Waals surface area contributed by atoms with Crippen molar-refractivity contribution < 1.29 is 4.79 Å². The predicted octanol–water partition coefficient (Wildman–Crippen LogP) is 7.08. The molecular formula is C29H28ClN5OS. The molecule has 37 heavy (non-hydrogen) atoms. The number of fused-ring (bicyclic) bond motifs is 1. The van der Waals surface area contributed by atoms with E-state index in [1.807, 2.05) is 68.8 Å². The molecule has 188 valence electrons. The van der Waals surface area contributed by atoms with Crippen molar-refractivity contribution in [2.45, 2.75) is 44.6 Å². The Labute approximate surface area is 226 Å². The molecule has 1 atom stereocenters. The zero-order valence-electron chi connectivity index (χ0n) is 21.2. The van der Waals surface area contributed by atoms with Crippen molar-refractivity contribution >= 4 is 40.9 Å². The molecule has 0 aliphatic carbocycles. The fourth-order valence-electron chi connectivity index (χ4n) is 4.42. The normalized spacial score (nSPS) is 14.8. The number of carbonyl (C=O) groups is 1. The van der Waals surface area contributed by atoms with Gasteiger partial charge >= 0.3 is 0 Å². The van der Waals surface area contributed by atoms with E-state index in [2.05, 4.69) is 41.0 Å². The molecule has 0 radical (unpaired) electrons. The average Bonchev–Trinajstić information content (AvgIpc) is 3.27. The lowest BCUT2D eigenvalue weighted by molar-refractivity contribution is -0.113. The standard InChI is InChI=1S/C29H28ClN5OS/c1-17-5-10-22(11-6-17)26-25(27(36)32-24-14-7-18(2)15-19(24)3)20(4)31-28-33-29(34-35(26)28)37-16-21-8-12-23(30)13-9-21/h5-15,26H,16H2,1-4H3,(H,32,36)(H,31,33,34)/t26-/m0/s1. The molecule has 1 aliphatic rings. The second kappa shape index (κ2) is 10.4. The SMILES string of the molecule is CC1=C(C(=O)Nc2ccc(C)cc2C)[C@H](c2ccc(C)cc2)n2nc(SCc3ccc(Cl)cc3)nc2N1. The van der Waals surface area contributed by atoms with Gasteiger partial charge in [-0.05, 0) is 62.6 Å². The molecule has 6 nitrogen and oxygen atoms in total. The van der Waals surface area contributed by atoms with Crippen molar-refractivity contribution in [3.63, 3.8) is 0 Å². The molecule has 1 amide bonds. The monoisotopic (exact) mass is 529 g/mol. The number of rotatable bonds is 6. The Hall–Kier alpha value is -3.55. The number of halogens is 1. The third kappa shape index (κ3) is 5.43. The molecule has 4 aromatic rings. The highest BCUT2D eigenvalue weighted by molar-refractivity contribution is 7.98. The van der Waals surface area contributed by atoms with Gasteiger partial charge in [-0.15, -0.1) is 5.10 Å². The molecular weight excluding hydrogens is 502 g/mol. The number of benzene rings is 3. The summed E-state index contributed by atoms with van der Waals surface area (Å²) < 4.78 is 1.82. The van der Waals surface area contributed by atoms with Gasteiger partial charge in [-0.25, -0.2) is 4.68 Å². The van der Waals surface area contributed by atoms with Gasteiger partial charge in [-0.3, -0.25) is 4.79 Å². The quantitative estimate of drug-likeness (QED) is 0.261. The van der Waals surface area contributed by atoms with Gasteiger partial charge in [0, 0.05) is 22.2 Å². The molecule has 1 aromatic heterocycles. The molecule has 3 aromatic carbocycles. The molecule has 5 rings (SSSR count). The summed E-state index contributed by atoms with van der Waals surface area (Å²) in [7, 11) is 0. The Morgan fingerprint density at radius 3 is 2.41 bits per heavy atom. The van der Waals surface area contributed by atoms with Crippen LogP contribution in [0.3, 0.4) is 0 Å². The summed E-state index contributed by atoms with van der Waals surface area (Å²) in [4.78, 5) is 18.5. The molecule has 8 heteroatoms. The minimum Gasteiger partial charge on any atom is -0.328 e. The second-order valence-electron chi connectivity index (χ2n) is 9.33. The van der Waals surface area contributed by atoms with Crippen molar-refractivity contribution in [1.29, 1.82) is 0 Å². The fourth-order valence-corrected chi connectivity index (χ4v) is 5.33. The van der Waals surface area contributed by atoms with Gasteiger partial charge in [0.2, 0.25) is 11.1 Å². The van der Waals surface area contributed by atoms with Gasteiger partial charge in [-0.2, -0.15) is 4.98 Å². The topological polar surface area (TPSA) is 71.8 Å². The lowest BCUT2D eigenvalue weighted by Crippen LogP contribution is -2.31. The molecule has 0 saturated carbocycles. The van der Waals surface area contributed by atoms with E-state index in [1.165, 1.54) is 0 Å². The van der Waals surface area contributed by atoms with E-state index < -0.39 is 6.04 Å². The van der Waals surface area contributed by atoms with Gasteiger partial charge < -0.3 is 10.6 Å². The average molecular weight is 530 g/mol. The van der Waals surface area contributed by atoms with Crippen LogP contribution >= 0.6 is 23.4 Å². The number of aromatic nitrogens is 3. The van der Waals surface area contributed by atoms with Crippen LogP contribution < -0.4 is 10.6 Å². The molecule has 2 N–H and O–H groups in total. The highest BCUT2D eigenvalue weighted by Crippen LogP contribution is 2.37. The van der Waals surface area contributed by atoms with Gasteiger partial charge in [0.15, 0.2) is 0 Å². The molecule has 0 spiro atoms. The van der Waals surface area contributed by atoms with Crippen LogP contribution in [0.5, 0.6) is 0 Å². The van der Waals surface area contributed by atoms with Crippen molar-refractivity contribution in [2.75, 3.05) is 10.6 Å². The minimum absolute atomic E-state index is 0.168. The van der Waals surface area contributed by atoms with Crippen LogP contribution in [0.1, 0.15) is 40.8 Å². The van der Waals surface area contributed by atoms with Crippen LogP contribution in [0.4, 0.5) is 11.6 Å². The third-order valence-corrected chi connectivity index (χ3v) is 7.54. The number of nitrogens with zero attached hydrogens (tertiary/aromatic N) is 3. The largest absolute Gasteiger partial charge is 0.328 e. The van der Waals surface area contributed by atoms with E-state index in [0.717, 1.165) is 39.2 Å². The number of aryl methyl sites for hydroxylation is 3. The summed E-state index contributed by atoms with van der Waals surface area (Å²) in [5, 5.41) is 12.6. The summed E-state index contributed by atoms with van der Waals surface area (Å²) in [6.45, 7) is 8.00. The highest BCUT2D eigenvalue weighted by Gasteiger charge is 2.34. The number of allylic oxidation sites excluding steroid dienone is 1. The Morgan fingerprint density at radius 1 is 1.00 bits per heavy atom. The first kappa shape index (κ1) is 25.1. The number of hydrogen-bond acceptors (Lipinski definition) is 5. The van der Waals surface area contributed by atoms with Crippen LogP contribution in [0.15, 0.2) is 83.2 Å². The van der Waals surface area contributed by atoms with Crippen LogP contribution in [0, 0.1) is 20.8 Å². The number of amides is 1. The number of anilines is 2. The number of carbonyl (C=O) groups excluding carboxylic acids is 1. The number of thioether (sulfide) groups is 1. The van der Waals surface area contributed by atoms with Gasteiger partial charge in [-0.1, -0.05) is 83.0 Å². The lowest BCUT2D eigenvalue weighted by atomic mass is 9.94. The maximum absolute atomic E-state index is 13.7. The zero-order chi connectivity index (χ0) is 26.1. The first-order valence-corrected chi connectivity index (χ1v) is 13.4. The summed E-state index contributed by atoms with van der Waals surface area (Å²) in [6.07, 6.45) is 0. The maximum atomic E-state index is 13.7. The molecule has 1 aliphatic heterocycles. The van der Waals surface area contributed by atoms with Gasteiger partial charge in [0.05, 0.1) is 5.57 Å². The van der Waals surface area contributed by atoms with Crippen LogP contribution in [-0.4, -0.2) is 20.7 Å². The van der Waals surface area contributed by atoms with Gasteiger partial charge in [0.25, 0.3) is 5.91 Å².